The van der Waals surface area contributed by atoms with Crippen LogP contribution in [0.1, 0.15) is 25.7 Å². The molecule has 29 heavy (non-hydrogen) atoms. The van der Waals surface area contributed by atoms with Crippen LogP contribution in [-0.2, 0) is 9.59 Å². The fraction of sp³-hybridized carbons (Fsp3) is 0.474. The number of barbiturate groups is 1. The van der Waals surface area contributed by atoms with Gasteiger partial charge in [-0.25, -0.2) is 4.79 Å². The van der Waals surface area contributed by atoms with Crippen LogP contribution in [0.25, 0.3) is 0 Å². The number of urea groups is 1. The van der Waals surface area contributed by atoms with Gasteiger partial charge in [-0.05, 0) is 37.2 Å². The molecule has 2 bridgehead atoms. The van der Waals surface area contributed by atoms with Crippen LogP contribution >= 0.6 is 0 Å². The average Bonchev–Trinajstić information content (AvgIpc) is 3.30. The van der Waals surface area contributed by atoms with E-state index in [9.17, 15) is 24.5 Å². The van der Waals surface area contributed by atoms with Crippen molar-refractivity contribution in [1.82, 2.24) is 10.2 Å². The molecule has 0 spiro atoms. The first-order chi connectivity index (χ1) is 13.9. The van der Waals surface area contributed by atoms with E-state index in [1.807, 2.05) is 0 Å². The number of amides is 4. The maximum absolute atomic E-state index is 13.0. The van der Waals surface area contributed by atoms with Crippen molar-refractivity contribution in [3.63, 3.8) is 0 Å². The number of methoxy groups -OCH3 is 1. The van der Waals surface area contributed by atoms with Gasteiger partial charge in [0.1, 0.15) is 11.4 Å². The van der Waals surface area contributed by atoms with Gasteiger partial charge in [-0.2, -0.15) is 0 Å². The van der Waals surface area contributed by atoms with Crippen molar-refractivity contribution in [3.8, 4) is 5.75 Å². The second kappa shape index (κ2) is 7.26. The quantitative estimate of drug-likeness (QED) is 0.349. The fourth-order valence-corrected chi connectivity index (χ4v) is 4.63. The Bertz CT molecular complexity index is 929. The van der Waals surface area contributed by atoms with Gasteiger partial charge in [0.15, 0.2) is 5.92 Å². The van der Waals surface area contributed by atoms with Crippen LogP contribution < -0.4 is 10.1 Å². The SMILES string of the molecule is COc1ccc([N+](=O)[O-])cc1N=C[C@H]1C(=O)NC(=O)N([C@H]2C[C@H]3CC[C@H]2C3)C1=O. The predicted octanol–water partition coefficient (Wildman–Crippen LogP) is 2.19. The van der Waals surface area contributed by atoms with Crippen molar-refractivity contribution in [2.24, 2.45) is 22.7 Å². The zero-order chi connectivity index (χ0) is 20.7. The second-order valence-corrected chi connectivity index (χ2v) is 7.61. The van der Waals surface area contributed by atoms with Crippen molar-refractivity contribution in [2.45, 2.75) is 31.7 Å². The summed E-state index contributed by atoms with van der Waals surface area (Å²) in [6.07, 6.45) is 4.97. The summed E-state index contributed by atoms with van der Waals surface area (Å²) in [6, 6.07) is 2.97. The highest BCUT2D eigenvalue weighted by Gasteiger charge is 2.50. The minimum absolute atomic E-state index is 0.116. The van der Waals surface area contributed by atoms with E-state index in [0.717, 1.165) is 31.9 Å². The topological polar surface area (TPSA) is 131 Å². The number of carbonyl (C=O) groups is 3. The molecule has 1 N–H and O–H groups in total. The van der Waals surface area contributed by atoms with Gasteiger partial charge in [0.05, 0.1) is 12.0 Å². The molecule has 4 amide bonds. The summed E-state index contributed by atoms with van der Waals surface area (Å²) >= 11 is 0. The van der Waals surface area contributed by atoms with E-state index in [1.165, 1.54) is 30.2 Å². The minimum Gasteiger partial charge on any atom is -0.494 e. The Balaban J connectivity index is 1.60. The molecule has 4 atom stereocenters. The lowest BCUT2D eigenvalue weighted by atomic mass is 9.92. The smallest absolute Gasteiger partial charge is 0.331 e. The number of nitrogens with one attached hydrogen (secondary N) is 1. The third-order valence-corrected chi connectivity index (χ3v) is 6.00. The molecule has 2 saturated carbocycles. The summed E-state index contributed by atoms with van der Waals surface area (Å²) in [4.78, 5) is 53.3. The van der Waals surface area contributed by atoms with Gasteiger partial charge in [0, 0.05) is 24.4 Å². The van der Waals surface area contributed by atoms with Gasteiger partial charge in [-0.3, -0.25) is 34.9 Å². The number of ether oxygens (including phenoxy) is 1. The number of fused-ring (bicyclic) bond motifs is 2. The van der Waals surface area contributed by atoms with Crippen LogP contribution in [0.15, 0.2) is 23.2 Å². The number of nitro groups is 1. The lowest BCUT2D eigenvalue weighted by molar-refractivity contribution is -0.384. The summed E-state index contributed by atoms with van der Waals surface area (Å²) in [6.45, 7) is 0. The van der Waals surface area contributed by atoms with Gasteiger partial charge in [-0.1, -0.05) is 6.42 Å². The number of rotatable bonds is 5. The van der Waals surface area contributed by atoms with E-state index >= 15 is 0 Å². The third-order valence-electron chi connectivity index (χ3n) is 6.00. The molecule has 0 radical (unpaired) electrons. The lowest BCUT2D eigenvalue weighted by Crippen LogP contribution is -2.62. The molecule has 10 heteroatoms. The molecule has 0 unspecified atom stereocenters. The number of nitro benzene ring substituents is 1. The van der Waals surface area contributed by atoms with Crippen molar-refractivity contribution in [2.75, 3.05) is 7.11 Å². The number of non-ortho nitro benzene ring substituents is 1. The van der Waals surface area contributed by atoms with E-state index in [2.05, 4.69) is 10.3 Å². The van der Waals surface area contributed by atoms with Gasteiger partial charge < -0.3 is 4.74 Å². The Kier molecular flexibility index (Phi) is 4.77. The summed E-state index contributed by atoms with van der Waals surface area (Å²) in [5.41, 5.74) is -0.0816. The van der Waals surface area contributed by atoms with Gasteiger partial charge in [-0.15, -0.1) is 0 Å². The normalized spacial score (nSPS) is 28.9. The standard InChI is InChI=1S/C19H20N4O6/c1-29-16-5-4-12(23(27)28)8-14(16)20-9-13-17(24)21-19(26)22(18(13)25)15-7-10-2-3-11(15)6-10/h4-5,8-11,13,15H,2-3,6-7H2,1H3,(H,21,24,26)/t10-,11-,13-,15-/m0/s1. The Hall–Kier alpha value is -3.30. The highest BCUT2D eigenvalue weighted by Crippen LogP contribution is 2.47. The Morgan fingerprint density at radius 3 is 2.69 bits per heavy atom. The van der Waals surface area contributed by atoms with Gasteiger partial charge in [0.2, 0.25) is 11.8 Å². The van der Waals surface area contributed by atoms with E-state index in [4.69, 9.17) is 4.74 Å². The lowest BCUT2D eigenvalue weighted by Gasteiger charge is -2.36. The number of imide groups is 2. The van der Waals surface area contributed by atoms with E-state index in [1.54, 1.807) is 0 Å². The van der Waals surface area contributed by atoms with Crippen LogP contribution in [-0.4, -0.2) is 47.0 Å². The van der Waals surface area contributed by atoms with Gasteiger partial charge >= 0.3 is 6.03 Å². The number of aliphatic imine (C=N–C) groups is 1. The first-order valence-electron chi connectivity index (χ1n) is 9.43. The highest BCUT2D eigenvalue weighted by atomic mass is 16.6. The molecule has 2 aliphatic carbocycles. The number of benzene rings is 1. The molecular weight excluding hydrogens is 380 g/mol. The Morgan fingerprint density at radius 2 is 2.07 bits per heavy atom. The monoisotopic (exact) mass is 400 g/mol. The fourth-order valence-electron chi connectivity index (χ4n) is 4.63. The summed E-state index contributed by atoms with van der Waals surface area (Å²) < 4.78 is 5.14. The van der Waals surface area contributed by atoms with Crippen molar-refractivity contribution >= 4 is 35.4 Å². The molecule has 10 nitrogen and oxygen atoms in total. The Morgan fingerprint density at radius 1 is 1.28 bits per heavy atom. The second-order valence-electron chi connectivity index (χ2n) is 7.61. The number of hydrogen-bond acceptors (Lipinski definition) is 7. The number of nitrogens with zero attached hydrogens (tertiary/aromatic N) is 3. The van der Waals surface area contributed by atoms with Crippen LogP contribution in [0.2, 0.25) is 0 Å². The first-order valence-corrected chi connectivity index (χ1v) is 9.43. The highest BCUT2D eigenvalue weighted by molar-refractivity contribution is 6.23. The molecular formula is C19H20N4O6. The summed E-state index contributed by atoms with van der Waals surface area (Å²) in [5.74, 6) is -1.59. The molecule has 3 fully saturated rings. The molecule has 1 aromatic rings. The van der Waals surface area contributed by atoms with Crippen molar-refractivity contribution in [3.05, 3.63) is 28.3 Å². The van der Waals surface area contributed by atoms with Crippen molar-refractivity contribution < 1.29 is 24.0 Å². The van der Waals surface area contributed by atoms with Crippen molar-refractivity contribution in [1.29, 1.82) is 0 Å². The molecule has 1 saturated heterocycles. The molecule has 4 rings (SSSR count). The number of hydrogen-bond donors (Lipinski definition) is 1. The maximum atomic E-state index is 13.0. The molecule has 3 aliphatic rings. The number of carbonyl (C=O) groups excluding carboxylic acids is 3. The molecule has 1 aliphatic heterocycles. The molecule has 0 aromatic heterocycles. The first kappa shape index (κ1) is 19.0. The van der Waals surface area contributed by atoms with Crippen LogP contribution in [0, 0.1) is 27.9 Å². The zero-order valence-electron chi connectivity index (χ0n) is 15.7. The van der Waals surface area contributed by atoms with E-state index < -0.39 is 28.7 Å². The van der Waals surface area contributed by atoms with Gasteiger partial charge in [0.25, 0.3) is 5.69 Å². The minimum atomic E-state index is -1.28. The average molecular weight is 400 g/mol. The summed E-state index contributed by atoms with van der Waals surface area (Å²) in [7, 11) is 1.38. The third kappa shape index (κ3) is 3.34. The molecule has 152 valence electrons. The van der Waals surface area contributed by atoms with E-state index in [-0.39, 0.29) is 29.1 Å². The van der Waals surface area contributed by atoms with Crippen LogP contribution in [0.3, 0.4) is 0 Å². The predicted molar refractivity (Wildman–Crippen MR) is 101 cm³/mol. The molecule has 1 aromatic carbocycles. The van der Waals surface area contributed by atoms with E-state index in [0.29, 0.717) is 5.92 Å². The van der Waals surface area contributed by atoms with Crippen LogP contribution in [0.4, 0.5) is 16.2 Å². The van der Waals surface area contributed by atoms with Crippen LogP contribution in [0.5, 0.6) is 5.75 Å². The largest absolute Gasteiger partial charge is 0.494 e. The zero-order valence-corrected chi connectivity index (χ0v) is 15.7. The maximum Gasteiger partial charge on any atom is 0.331 e. The summed E-state index contributed by atoms with van der Waals surface area (Å²) in [5, 5.41) is 13.2. The Labute approximate surface area is 166 Å². The molecule has 1 heterocycles.